The van der Waals surface area contributed by atoms with Gasteiger partial charge in [-0.25, -0.2) is 0 Å². The van der Waals surface area contributed by atoms with E-state index < -0.39 is 0 Å². The Bertz CT molecular complexity index is 190. The number of hydrogen-bond acceptors (Lipinski definition) is 3. The van der Waals surface area contributed by atoms with Gasteiger partial charge in [0.05, 0.1) is 5.41 Å². The molecule has 0 saturated heterocycles. The van der Waals surface area contributed by atoms with Crippen molar-refractivity contribution in [2.45, 2.75) is 25.7 Å². The van der Waals surface area contributed by atoms with Gasteiger partial charge in [0.25, 0.3) is 0 Å². The maximum Gasteiger partial charge on any atom is 0.226 e. The second kappa shape index (κ2) is 5.32. The number of aliphatic hydroxyl groups is 1. The minimum Gasteiger partial charge on any atom is -0.396 e. The van der Waals surface area contributed by atoms with Gasteiger partial charge in [0.15, 0.2) is 0 Å². The second-order valence-electron chi connectivity index (χ2n) is 3.86. The minimum atomic E-state index is -0.147. The fourth-order valence-corrected chi connectivity index (χ4v) is 1.51. The topological polar surface area (TPSA) is 58.6 Å². The highest BCUT2D eigenvalue weighted by Gasteiger charge is 2.48. The van der Waals surface area contributed by atoms with Crippen LogP contribution in [0.5, 0.6) is 0 Å². The van der Waals surface area contributed by atoms with Crippen LogP contribution < -0.4 is 5.32 Å². The first-order valence-electron chi connectivity index (χ1n) is 5.13. The summed E-state index contributed by atoms with van der Waals surface area (Å²) < 4.78 is 4.97. The average Bonchev–Trinajstić information content (AvgIpc) is 2.96. The molecule has 1 rings (SSSR count). The molecule has 82 valence electrons. The molecule has 0 aromatic heterocycles. The van der Waals surface area contributed by atoms with Crippen molar-refractivity contribution in [1.82, 2.24) is 5.32 Å². The van der Waals surface area contributed by atoms with Crippen molar-refractivity contribution >= 4 is 5.91 Å². The number of ether oxygens (including phenoxy) is 1. The van der Waals surface area contributed by atoms with Crippen molar-refractivity contribution in [3.63, 3.8) is 0 Å². The average molecular weight is 201 g/mol. The van der Waals surface area contributed by atoms with Crippen LogP contribution in [-0.4, -0.2) is 37.9 Å². The van der Waals surface area contributed by atoms with Gasteiger partial charge in [0, 0.05) is 26.9 Å². The third-order valence-electron chi connectivity index (χ3n) is 2.74. The van der Waals surface area contributed by atoms with Crippen LogP contribution in [0.3, 0.4) is 0 Å². The van der Waals surface area contributed by atoms with Gasteiger partial charge in [-0.1, -0.05) is 0 Å². The third-order valence-corrected chi connectivity index (χ3v) is 2.74. The molecule has 2 N–H and O–H groups in total. The first-order valence-corrected chi connectivity index (χ1v) is 5.13. The smallest absolute Gasteiger partial charge is 0.226 e. The first kappa shape index (κ1) is 11.5. The van der Waals surface area contributed by atoms with Crippen LogP contribution in [0.4, 0.5) is 0 Å². The molecule has 14 heavy (non-hydrogen) atoms. The van der Waals surface area contributed by atoms with E-state index in [4.69, 9.17) is 9.84 Å². The molecule has 1 saturated carbocycles. The molecule has 0 aromatic carbocycles. The number of amides is 1. The summed E-state index contributed by atoms with van der Waals surface area (Å²) in [4.78, 5) is 11.7. The molecule has 0 aromatic rings. The summed E-state index contributed by atoms with van der Waals surface area (Å²) in [6.45, 7) is 1.35. The van der Waals surface area contributed by atoms with E-state index in [-0.39, 0.29) is 17.9 Å². The summed E-state index contributed by atoms with van der Waals surface area (Å²) in [5.41, 5.74) is -0.147. The molecule has 0 aliphatic heterocycles. The lowest BCUT2D eigenvalue weighted by molar-refractivity contribution is -0.127. The Hall–Kier alpha value is -0.610. The zero-order chi connectivity index (χ0) is 10.4. The zero-order valence-electron chi connectivity index (χ0n) is 8.71. The number of nitrogens with one attached hydrogen (secondary N) is 1. The Balaban J connectivity index is 2.21. The predicted octanol–water partition coefficient (Wildman–Crippen LogP) is 0.302. The molecule has 0 atom stereocenters. The summed E-state index contributed by atoms with van der Waals surface area (Å²) in [5, 5.41) is 11.4. The van der Waals surface area contributed by atoms with Crippen LogP contribution in [0.15, 0.2) is 0 Å². The van der Waals surface area contributed by atoms with E-state index >= 15 is 0 Å². The van der Waals surface area contributed by atoms with Crippen molar-refractivity contribution in [2.24, 2.45) is 5.41 Å². The van der Waals surface area contributed by atoms with E-state index in [0.29, 0.717) is 19.6 Å². The molecule has 0 unspecified atom stereocenters. The number of hydrogen-bond donors (Lipinski definition) is 2. The molecule has 1 fully saturated rings. The minimum absolute atomic E-state index is 0.128. The van der Waals surface area contributed by atoms with Crippen LogP contribution in [0.25, 0.3) is 0 Å². The maximum atomic E-state index is 11.7. The van der Waals surface area contributed by atoms with Gasteiger partial charge < -0.3 is 15.2 Å². The van der Waals surface area contributed by atoms with Crippen molar-refractivity contribution in [1.29, 1.82) is 0 Å². The highest BCUT2D eigenvalue weighted by molar-refractivity contribution is 5.85. The molecular weight excluding hydrogens is 182 g/mol. The standard InChI is InChI=1S/C10H19NO3/c1-14-8-5-10(3-4-10)9(13)11-6-2-7-12/h12H,2-8H2,1H3,(H,11,13). The molecule has 1 aliphatic rings. The van der Waals surface area contributed by atoms with Gasteiger partial charge in [-0.15, -0.1) is 0 Å². The highest BCUT2D eigenvalue weighted by atomic mass is 16.5. The van der Waals surface area contributed by atoms with E-state index in [0.717, 1.165) is 19.3 Å². The van der Waals surface area contributed by atoms with Gasteiger partial charge in [-0.2, -0.15) is 0 Å². The van der Waals surface area contributed by atoms with Gasteiger partial charge >= 0.3 is 0 Å². The summed E-state index contributed by atoms with van der Waals surface area (Å²) in [6.07, 6.45) is 3.39. The van der Waals surface area contributed by atoms with Crippen molar-refractivity contribution in [3.8, 4) is 0 Å². The zero-order valence-corrected chi connectivity index (χ0v) is 8.71. The lowest BCUT2D eigenvalue weighted by atomic mass is 10.0. The molecule has 4 nitrogen and oxygen atoms in total. The number of rotatable bonds is 7. The van der Waals surface area contributed by atoms with E-state index in [2.05, 4.69) is 5.32 Å². The summed E-state index contributed by atoms with van der Waals surface area (Å²) >= 11 is 0. The Kier molecular flexibility index (Phi) is 4.35. The number of carbonyl (C=O) groups excluding carboxylic acids is 1. The lowest BCUT2D eigenvalue weighted by Crippen LogP contribution is -2.33. The molecule has 1 aliphatic carbocycles. The van der Waals surface area contributed by atoms with Crippen molar-refractivity contribution < 1.29 is 14.6 Å². The molecule has 0 radical (unpaired) electrons. The normalized spacial score (nSPS) is 17.9. The Morgan fingerprint density at radius 1 is 1.57 bits per heavy atom. The van der Waals surface area contributed by atoms with Crippen LogP contribution in [-0.2, 0) is 9.53 Å². The second-order valence-corrected chi connectivity index (χ2v) is 3.86. The molecule has 4 heteroatoms. The van der Waals surface area contributed by atoms with Crippen LogP contribution in [0, 0.1) is 5.41 Å². The number of carbonyl (C=O) groups is 1. The Morgan fingerprint density at radius 2 is 2.29 bits per heavy atom. The molecule has 1 amide bonds. The van der Waals surface area contributed by atoms with Gasteiger partial charge in [0.2, 0.25) is 5.91 Å². The van der Waals surface area contributed by atoms with Crippen LogP contribution in [0.1, 0.15) is 25.7 Å². The van der Waals surface area contributed by atoms with Gasteiger partial charge in [0.1, 0.15) is 0 Å². The van der Waals surface area contributed by atoms with Crippen molar-refractivity contribution in [3.05, 3.63) is 0 Å². The molecular formula is C10H19NO3. The SMILES string of the molecule is COCCC1(C(=O)NCCCO)CC1. The lowest BCUT2D eigenvalue weighted by Gasteiger charge is -2.14. The van der Waals surface area contributed by atoms with Crippen LogP contribution in [0.2, 0.25) is 0 Å². The van der Waals surface area contributed by atoms with E-state index in [1.54, 1.807) is 7.11 Å². The van der Waals surface area contributed by atoms with Gasteiger partial charge in [-0.05, 0) is 25.7 Å². The van der Waals surface area contributed by atoms with Crippen LogP contribution >= 0.6 is 0 Å². The van der Waals surface area contributed by atoms with Crippen molar-refractivity contribution in [2.75, 3.05) is 26.9 Å². The van der Waals surface area contributed by atoms with Gasteiger partial charge in [-0.3, -0.25) is 4.79 Å². The van der Waals surface area contributed by atoms with E-state index in [9.17, 15) is 4.79 Å². The predicted molar refractivity (Wildman–Crippen MR) is 52.9 cm³/mol. The summed E-state index contributed by atoms with van der Waals surface area (Å²) in [5.74, 6) is 0.128. The molecule has 0 spiro atoms. The molecule has 0 heterocycles. The summed E-state index contributed by atoms with van der Waals surface area (Å²) in [6, 6.07) is 0. The Labute approximate surface area is 84.6 Å². The fourth-order valence-electron chi connectivity index (χ4n) is 1.51. The third kappa shape index (κ3) is 2.96. The fraction of sp³-hybridized carbons (Fsp3) is 0.900. The number of methoxy groups -OCH3 is 1. The quantitative estimate of drug-likeness (QED) is 0.582. The first-order chi connectivity index (χ1) is 6.75. The molecule has 0 bridgehead atoms. The van der Waals surface area contributed by atoms with E-state index in [1.165, 1.54) is 0 Å². The summed E-state index contributed by atoms with van der Waals surface area (Å²) in [7, 11) is 1.65. The number of aliphatic hydroxyl groups excluding tert-OH is 1. The highest BCUT2D eigenvalue weighted by Crippen LogP contribution is 2.48. The monoisotopic (exact) mass is 201 g/mol. The Morgan fingerprint density at radius 3 is 2.79 bits per heavy atom. The largest absolute Gasteiger partial charge is 0.396 e. The van der Waals surface area contributed by atoms with E-state index in [1.807, 2.05) is 0 Å². The maximum absolute atomic E-state index is 11.7.